The number of halogens is 4. The molecule has 0 heterocycles. The highest BCUT2D eigenvalue weighted by atomic mass is 19.2. The van der Waals surface area contributed by atoms with Crippen molar-refractivity contribution in [2.24, 2.45) is 0 Å². The van der Waals surface area contributed by atoms with E-state index in [2.05, 4.69) is 0 Å². The minimum absolute atomic E-state index is 0.147. The van der Waals surface area contributed by atoms with Crippen LogP contribution in [0.2, 0.25) is 0 Å². The minimum Gasteiger partial charge on any atom is -0.207 e. The standard InChI is InChI=1S/C14H6F4/c15-7-1-3-9-10-4-2-8(16)6-12(10)14(18)13(17)11(9)5-7/h1-6H. The van der Waals surface area contributed by atoms with Gasteiger partial charge in [0.15, 0.2) is 11.6 Å². The Hall–Kier alpha value is -2.10. The van der Waals surface area contributed by atoms with E-state index in [-0.39, 0.29) is 10.8 Å². The topological polar surface area (TPSA) is 0 Å². The maximum Gasteiger partial charge on any atom is 0.167 e. The first-order valence-corrected chi connectivity index (χ1v) is 5.23. The molecule has 0 spiro atoms. The molecule has 0 aliphatic carbocycles. The van der Waals surface area contributed by atoms with Crippen LogP contribution in [0.5, 0.6) is 0 Å². The zero-order valence-corrected chi connectivity index (χ0v) is 8.98. The number of hydrogen-bond acceptors (Lipinski definition) is 0. The molecular formula is C14H6F4. The quantitative estimate of drug-likeness (QED) is 0.405. The summed E-state index contributed by atoms with van der Waals surface area (Å²) in [5.41, 5.74) is 0. The second kappa shape index (κ2) is 3.70. The van der Waals surface area contributed by atoms with Gasteiger partial charge < -0.3 is 0 Å². The smallest absolute Gasteiger partial charge is 0.167 e. The third-order valence-electron chi connectivity index (χ3n) is 2.92. The molecule has 90 valence electrons. The molecule has 0 radical (unpaired) electrons. The molecule has 4 heteroatoms. The molecule has 0 fully saturated rings. The van der Waals surface area contributed by atoms with Gasteiger partial charge in [-0.2, -0.15) is 0 Å². The van der Waals surface area contributed by atoms with Gasteiger partial charge in [0.1, 0.15) is 11.6 Å². The molecule has 0 amide bonds. The average molecular weight is 250 g/mol. The summed E-state index contributed by atoms with van der Waals surface area (Å²) in [5, 5.41) is 0.411. The van der Waals surface area contributed by atoms with Crippen LogP contribution in [0, 0.1) is 23.3 Å². The van der Waals surface area contributed by atoms with Crippen LogP contribution in [-0.2, 0) is 0 Å². The molecule has 3 aromatic rings. The van der Waals surface area contributed by atoms with E-state index in [1.807, 2.05) is 0 Å². The Morgan fingerprint density at radius 2 is 0.889 bits per heavy atom. The van der Waals surface area contributed by atoms with Crippen molar-refractivity contribution in [3.63, 3.8) is 0 Å². The van der Waals surface area contributed by atoms with E-state index in [4.69, 9.17) is 0 Å². The van der Waals surface area contributed by atoms with Crippen LogP contribution in [0.4, 0.5) is 17.6 Å². The molecule has 0 nitrogen and oxygen atoms in total. The zero-order chi connectivity index (χ0) is 12.9. The van der Waals surface area contributed by atoms with Crippen molar-refractivity contribution in [3.05, 3.63) is 59.7 Å². The first-order chi connectivity index (χ1) is 8.58. The number of rotatable bonds is 0. The van der Waals surface area contributed by atoms with Gasteiger partial charge in [-0.3, -0.25) is 0 Å². The van der Waals surface area contributed by atoms with E-state index in [1.165, 1.54) is 12.1 Å². The number of fused-ring (bicyclic) bond motifs is 3. The normalized spacial score (nSPS) is 11.3. The lowest BCUT2D eigenvalue weighted by molar-refractivity contribution is 0.524. The molecule has 0 atom stereocenters. The molecule has 0 bridgehead atoms. The summed E-state index contributed by atoms with van der Waals surface area (Å²) in [5.74, 6) is -3.63. The molecule has 0 saturated carbocycles. The zero-order valence-electron chi connectivity index (χ0n) is 8.98. The van der Waals surface area contributed by atoms with E-state index in [1.54, 1.807) is 0 Å². The van der Waals surface area contributed by atoms with Gasteiger partial charge in [-0.25, -0.2) is 17.6 Å². The second-order valence-electron chi connectivity index (χ2n) is 4.01. The highest BCUT2D eigenvalue weighted by Gasteiger charge is 2.15. The third-order valence-corrected chi connectivity index (χ3v) is 2.92. The van der Waals surface area contributed by atoms with Crippen LogP contribution < -0.4 is 0 Å². The monoisotopic (exact) mass is 250 g/mol. The summed E-state index contributed by atoms with van der Waals surface area (Å²) in [6, 6.07) is 6.87. The van der Waals surface area contributed by atoms with E-state index < -0.39 is 23.3 Å². The van der Waals surface area contributed by atoms with E-state index in [0.717, 1.165) is 24.3 Å². The predicted molar refractivity (Wildman–Crippen MR) is 61.3 cm³/mol. The summed E-state index contributed by atoms with van der Waals surface area (Å²) in [7, 11) is 0. The Morgan fingerprint density at radius 3 is 1.28 bits per heavy atom. The molecular weight excluding hydrogens is 244 g/mol. The molecule has 18 heavy (non-hydrogen) atoms. The van der Waals surface area contributed by atoms with Gasteiger partial charge >= 0.3 is 0 Å². The minimum atomic E-state index is -1.16. The van der Waals surface area contributed by atoms with Crippen molar-refractivity contribution in [1.82, 2.24) is 0 Å². The van der Waals surface area contributed by atoms with Crippen molar-refractivity contribution in [3.8, 4) is 0 Å². The van der Waals surface area contributed by atoms with Crippen molar-refractivity contribution < 1.29 is 17.6 Å². The van der Waals surface area contributed by atoms with Crippen LogP contribution in [-0.4, -0.2) is 0 Å². The summed E-state index contributed by atoms with van der Waals surface area (Å²) in [6.07, 6.45) is 0. The second-order valence-corrected chi connectivity index (χ2v) is 4.01. The van der Waals surface area contributed by atoms with Gasteiger partial charge in [0.2, 0.25) is 0 Å². The molecule has 0 aromatic heterocycles. The van der Waals surface area contributed by atoms with Gasteiger partial charge in [-0.05, 0) is 35.0 Å². The van der Waals surface area contributed by atoms with Crippen molar-refractivity contribution in [1.29, 1.82) is 0 Å². The Kier molecular flexibility index (Phi) is 2.26. The summed E-state index contributed by atoms with van der Waals surface area (Å²) in [6.45, 7) is 0. The van der Waals surface area contributed by atoms with Crippen molar-refractivity contribution in [2.75, 3.05) is 0 Å². The lowest BCUT2D eigenvalue weighted by Gasteiger charge is -2.07. The Labute approximate surface area is 99.5 Å². The van der Waals surface area contributed by atoms with Crippen LogP contribution in [0.25, 0.3) is 21.5 Å². The van der Waals surface area contributed by atoms with Gasteiger partial charge in [-0.1, -0.05) is 12.1 Å². The molecule has 0 aliphatic heterocycles. The maximum absolute atomic E-state index is 13.8. The van der Waals surface area contributed by atoms with Crippen LogP contribution >= 0.6 is 0 Å². The molecule has 0 unspecified atom stereocenters. The van der Waals surface area contributed by atoms with Gasteiger partial charge in [0.25, 0.3) is 0 Å². The van der Waals surface area contributed by atoms with Crippen LogP contribution in [0.3, 0.4) is 0 Å². The van der Waals surface area contributed by atoms with E-state index in [0.29, 0.717) is 10.8 Å². The van der Waals surface area contributed by atoms with Crippen molar-refractivity contribution >= 4 is 21.5 Å². The fourth-order valence-electron chi connectivity index (χ4n) is 2.10. The predicted octanol–water partition coefficient (Wildman–Crippen LogP) is 4.55. The summed E-state index contributed by atoms with van der Waals surface area (Å²) in [4.78, 5) is 0. The molecule has 3 aromatic carbocycles. The molecule has 3 rings (SSSR count). The summed E-state index contributed by atoms with van der Waals surface area (Å²) >= 11 is 0. The lowest BCUT2D eigenvalue weighted by Crippen LogP contribution is -1.92. The Balaban J connectivity index is 2.62. The Bertz CT molecular complexity index is 711. The van der Waals surface area contributed by atoms with E-state index >= 15 is 0 Å². The SMILES string of the molecule is Fc1ccc2c(c1)c(F)c(F)c1cc(F)ccc12. The van der Waals surface area contributed by atoms with Crippen LogP contribution in [0.15, 0.2) is 36.4 Å². The van der Waals surface area contributed by atoms with Gasteiger partial charge in [-0.15, -0.1) is 0 Å². The van der Waals surface area contributed by atoms with Crippen LogP contribution in [0.1, 0.15) is 0 Å². The fourth-order valence-corrected chi connectivity index (χ4v) is 2.10. The first-order valence-electron chi connectivity index (χ1n) is 5.23. The van der Waals surface area contributed by atoms with E-state index in [9.17, 15) is 17.6 Å². The number of benzene rings is 3. The third kappa shape index (κ3) is 1.45. The highest BCUT2D eigenvalue weighted by Crippen LogP contribution is 2.31. The largest absolute Gasteiger partial charge is 0.207 e. The van der Waals surface area contributed by atoms with Crippen molar-refractivity contribution in [2.45, 2.75) is 0 Å². The molecule has 0 N–H and O–H groups in total. The fraction of sp³-hybridized carbons (Fsp3) is 0. The lowest BCUT2D eigenvalue weighted by atomic mass is 10.0. The summed E-state index contributed by atoms with van der Waals surface area (Å²) < 4.78 is 53.7. The molecule has 0 aliphatic rings. The average Bonchev–Trinajstić information content (AvgIpc) is 2.36. The number of hydrogen-bond donors (Lipinski definition) is 0. The Morgan fingerprint density at radius 1 is 0.500 bits per heavy atom. The maximum atomic E-state index is 13.8. The molecule has 0 saturated heterocycles. The van der Waals surface area contributed by atoms with Gasteiger partial charge in [0.05, 0.1) is 0 Å². The first kappa shape index (κ1) is 11.0. The highest BCUT2D eigenvalue weighted by molar-refractivity contribution is 6.08. The van der Waals surface area contributed by atoms with Gasteiger partial charge in [0, 0.05) is 10.8 Å².